The first kappa shape index (κ1) is 52.7. The highest BCUT2D eigenvalue weighted by atomic mass is 16.7. The Labute approximate surface area is 342 Å². The van der Waals surface area contributed by atoms with Crippen molar-refractivity contribution in [3.63, 3.8) is 0 Å². The smallest absolute Gasteiger partial charge is 0.306 e. The summed E-state index contributed by atoms with van der Waals surface area (Å²) in [4.78, 5) is 25.3. The molecule has 1 rings (SSSR count). The Balaban J connectivity index is 2.27. The molecule has 1 aliphatic heterocycles. The van der Waals surface area contributed by atoms with Crippen LogP contribution in [0.1, 0.15) is 226 Å². The normalized spacial score (nSPS) is 20.3. The second-order valence-corrected chi connectivity index (χ2v) is 16.6. The number of carbonyl (C=O) groups excluding carboxylic acids is 2. The second kappa shape index (κ2) is 37.9. The lowest BCUT2D eigenvalue weighted by atomic mass is 9.99. The standard InChI is InChI=1S/C46H88O10/c1-3-5-7-9-11-13-15-17-18-19-20-21-22-23-25-27-29-31-33-35-42(49)55-39(38-54-46-45(52)44(51)43(50)40(36-47)56-46)37-53-41(48)34-32-30-28-26-24-16-14-12-10-8-6-4-2/h39-40,43-47,50-52H,3-38H2,1-2H3. The minimum Gasteiger partial charge on any atom is -0.462 e. The maximum absolute atomic E-state index is 12.8. The Bertz CT molecular complexity index is 886. The van der Waals surface area contributed by atoms with Gasteiger partial charge in [-0.25, -0.2) is 0 Å². The van der Waals surface area contributed by atoms with E-state index in [1.165, 1.54) is 154 Å². The molecule has 0 radical (unpaired) electrons. The number of aliphatic hydroxyl groups excluding tert-OH is 4. The maximum Gasteiger partial charge on any atom is 0.306 e. The van der Waals surface area contributed by atoms with Crippen molar-refractivity contribution in [2.24, 2.45) is 0 Å². The van der Waals surface area contributed by atoms with Crippen molar-refractivity contribution in [1.29, 1.82) is 0 Å². The molecule has 56 heavy (non-hydrogen) atoms. The van der Waals surface area contributed by atoms with E-state index < -0.39 is 49.4 Å². The fourth-order valence-corrected chi connectivity index (χ4v) is 7.48. The lowest BCUT2D eigenvalue weighted by molar-refractivity contribution is -0.305. The molecular formula is C46H88O10. The zero-order valence-corrected chi connectivity index (χ0v) is 36.2. The van der Waals surface area contributed by atoms with Crippen LogP contribution in [0.15, 0.2) is 0 Å². The summed E-state index contributed by atoms with van der Waals surface area (Å²) in [7, 11) is 0. The first-order valence-electron chi connectivity index (χ1n) is 23.6. The number of hydrogen-bond acceptors (Lipinski definition) is 10. The van der Waals surface area contributed by atoms with E-state index in [2.05, 4.69) is 13.8 Å². The highest BCUT2D eigenvalue weighted by Gasteiger charge is 2.44. The van der Waals surface area contributed by atoms with E-state index in [1.807, 2.05) is 0 Å². The molecule has 0 aromatic rings. The van der Waals surface area contributed by atoms with Crippen molar-refractivity contribution in [3.8, 4) is 0 Å². The summed E-state index contributed by atoms with van der Waals surface area (Å²) in [5, 5.41) is 40.1. The molecule has 0 aromatic heterocycles. The number of unbranched alkanes of at least 4 members (excludes halogenated alkanes) is 29. The van der Waals surface area contributed by atoms with Crippen LogP contribution in [0.2, 0.25) is 0 Å². The first-order chi connectivity index (χ1) is 27.3. The fourth-order valence-electron chi connectivity index (χ4n) is 7.48. The van der Waals surface area contributed by atoms with Crippen molar-refractivity contribution in [2.45, 2.75) is 263 Å². The van der Waals surface area contributed by atoms with Crippen LogP contribution in [-0.4, -0.2) is 89.0 Å². The molecule has 0 aromatic carbocycles. The monoisotopic (exact) mass is 801 g/mol. The minimum atomic E-state index is -1.59. The van der Waals surface area contributed by atoms with Gasteiger partial charge in [0.1, 0.15) is 31.0 Å². The molecule has 0 spiro atoms. The van der Waals surface area contributed by atoms with Gasteiger partial charge in [-0.2, -0.15) is 0 Å². The molecule has 0 saturated carbocycles. The Kier molecular flexibility index (Phi) is 35.7. The Morgan fingerprint density at radius 1 is 0.482 bits per heavy atom. The van der Waals surface area contributed by atoms with Crippen molar-refractivity contribution < 1.29 is 49.0 Å². The third-order valence-corrected chi connectivity index (χ3v) is 11.2. The van der Waals surface area contributed by atoms with Gasteiger partial charge in [0.25, 0.3) is 0 Å². The van der Waals surface area contributed by atoms with Gasteiger partial charge in [0, 0.05) is 12.8 Å². The third-order valence-electron chi connectivity index (χ3n) is 11.2. The summed E-state index contributed by atoms with van der Waals surface area (Å²) in [6.45, 7) is 3.45. The van der Waals surface area contributed by atoms with Crippen LogP contribution in [0.4, 0.5) is 0 Å². The van der Waals surface area contributed by atoms with E-state index in [4.69, 9.17) is 18.9 Å². The summed E-state index contributed by atoms with van der Waals surface area (Å²) in [5.41, 5.74) is 0. The van der Waals surface area contributed by atoms with E-state index in [-0.39, 0.29) is 32.0 Å². The highest BCUT2D eigenvalue weighted by Crippen LogP contribution is 2.23. The SMILES string of the molecule is CCCCCCCCCCCCCCCCCCCCCC(=O)OC(COC(=O)CCCCCCCCCCCCCC)COC1OC(CO)C(O)C(O)C1O. The van der Waals surface area contributed by atoms with Gasteiger partial charge < -0.3 is 39.4 Å². The zero-order valence-electron chi connectivity index (χ0n) is 36.2. The summed E-state index contributed by atoms with van der Waals surface area (Å²) in [6.07, 6.45) is 31.1. The fraction of sp³-hybridized carbons (Fsp3) is 0.957. The van der Waals surface area contributed by atoms with Crippen molar-refractivity contribution >= 4 is 11.9 Å². The predicted molar refractivity (Wildman–Crippen MR) is 224 cm³/mol. The number of carbonyl (C=O) groups is 2. The van der Waals surface area contributed by atoms with Crippen molar-refractivity contribution in [2.75, 3.05) is 19.8 Å². The topological polar surface area (TPSA) is 152 Å². The van der Waals surface area contributed by atoms with Crippen LogP contribution in [0.25, 0.3) is 0 Å². The van der Waals surface area contributed by atoms with Gasteiger partial charge in [-0.05, 0) is 12.8 Å². The van der Waals surface area contributed by atoms with Crippen molar-refractivity contribution in [3.05, 3.63) is 0 Å². The molecule has 10 heteroatoms. The lowest BCUT2D eigenvalue weighted by Crippen LogP contribution is -2.59. The Morgan fingerprint density at radius 3 is 1.21 bits per heavy atom. The zero-order chi connectivity index (χ0) is 40.9. The van der Waals surface area contributed by atoms with Gasteiger partial charge >= 0.3 is 11.9 Å². The van der Waals surface area contributed by atoms with E-state index in [0.717, 1.165) is 38.5 Å². The van der Waals surface area contributed by atoms with Crippen LogP contribution >= 0.6 is 0 Å². The number of hydrogen-bond donors (Lipinski definition) is 4. The van der Waals surface area contributed by atoms with Crippen molar-refractivity contribution in [1.82, 2.24) is 0 Å². The van der Waals surface area contributed by atoms with Gasteiger partial charge in [0.15, 0.2) is 12.4 Å². The predicted octanol–water partition coefficient (Wildman–Crippen LogP) is 10.2. The molecule has 332 valence electrons. The number of rotatable bonds is 40. The molecule has 6 atom stereocenters. The molecule has 0 bridgehead atoms. The van der Waals surface area contributed by atoms with Gasteiger partial charge in [-0.15, -0.1) is 0 Å². The summed E-state index contributed by atoms with van der Waals surface area (Å²) >= 11 is 0. The molecule has 1 heterocycles. The molecular weight excluding hydrogens is 712 g/mol. The number of esters is 2. The molecule has 4 N–H and O–H groups in total. The van der Waals surface area contributed by atoms with Crippen LogP contribution in [0, 0.1) is 0 Å². The molecule has 1 fully saturated rings. The number of aliphatic hydroxyl groups is 4. The molecule has 0 amide bonds. The second-order valence-electron chi connectivity index (χ2n) is 16.6. The quantitative estimate of drug-likeness (QED) is 0.0348. The van der Waals surface area contributed by atoms with Crippen LogP contribution in [0.3, 0.4) is 0 Å². The number of ether oxygens (including phenoxy) is 4. The van der Waals surface area contributed by atoms with Crippen LogP contribution in [-0.2, 0) is 28.5 Å². The average Bonchev–Trinajstić information content (AvgIpc) is 3.19. The van der Waals surface area contributed by atoms with Crippen LogP contribution in [0.5, 0.6) is 0 Å². The van der Waals surface area contributed by atoms with Gasteiger partial charge in [-0.3, -0.25) is 9.59 Å². The molecule has 0 aliphatic carbocycles. The first-order valence-corrected chi connectivity index (χ1v) is 23.6. The summed E-state index contributed by atoms with van der Waals surface area (Å²) < 4.78 is 22.2. The maximum atomic E-state index is 12.8. The Hall–Kier alpha value is -1.30. The van der Waals surface area contributed by atoms with E-state index in [9.17, 15) is 30.0 Å². The average molecular weight is 801 g/mol. The van der Waals surface area contributed by atoms with Gasteiger partial charge in [0.05, 0.1) is 13.2 Å². The minimum absolute atomic E-state index is 0.209. The summed E-state index contributed by atoms with van der Waals surface area (Å²) in [6, 6.07) is 0. The third kappa shape index (κ3) is 29.0. The Morgan fingerprint density at radius 2 is 0.839 bits per heavy atom. The van der Waals surface area contributed by atoms with Gasteiger partial charge in [0.2, 0.25) is 0 Å². The van der Waals surface area contributed by atoms with E-state index in [1.54, 1.807) is 0 Å². The van der Waals surface area contributed by atoms with Crippen LogP contribution < -0.4 is 0 Å². The highest BCUT2D eigenvalue weighted by molar-refractivity contribution is 5.70. The molecule has 1 aliphatic rings. The van der Waals surface area contributed by atoms with Gasteiger partial charge in [-0.1, -0.05) is 200 Å². The van der Waals surface area contributed by atoms with E-state index >= 15 is 0 Å². The lowest BCUT2D eigenvalue weighted by Gasteiger charge is -2.39. The largest absolute Gasteiger partial charge is 0.462 e. The van der Waals surface area contributed by atoms with E-state index in [0.29, 0.717) is 6.42 Å². The molecule has 1 saturated heterocycles. The molecule has 10 nitrogen and oxygen atoms in total. The summed E-state index contributed by atoms with van der Waals surface area (Å²) in [5.74, 6) is -0.791. The molecule has 6 unspecified atom stereocenters.